The number of anilines is 2. The van der Waals surface area contributed by atoms with Crippen molar-refractivity contribution in [3.63, 3.8) is 0 Å². The topological polar surface area (TPSA) is 109 Å². The Morgan fingerprint density at radius 1 is 1.03 bits per heavy atom. The lowest BCUT2D eigenvalue weighted by atomic mass is 10.1. The molecule has 0 atom stereocenters. The maximum Gasteiger partial charge on any atom is 0.318 e. The zero-order valence-corrected chi connectivity index (χ0v) is 19.1. The molecule has 1 aliphatic heterocycles. The van der Waals surface area contributed by atoms with Crippen molar-refractivity contribution in [2.45, 2.75) is 44.1 Å². The van der Waals surface area contributed by atoms with Crippen LogP contribution in [-0.2, 0) is 0 Å². The van der Waals surface area contributed by atoms with Crippen LogP contribution in [0.25, 0.3) is 22.3 Å². The Labute approximate surface area is 196 Å². The Morgan fingerprint density at radius 3 is 2.65 bits per heavy atom. The minimum absolute atomic E-state index is 0.0253. The Bertz CT molecular complexity index is 1350. The van der Waals surface area contributed by atoms with Gasteiger partial charge in [-0.05, 0) is 50.8 Å². The van der Waals surface area contributed by atoms with Crippen LogP contribution in [0.2, 0.25) is 0 Å². The molecule has 174 valence electrons. The number of aromatic nitrogens is 6. The molecule has 3 fully saturated rings. The molecule has 4 aromatic rings. The number of piperazine rings is 1. The average Bonchev–Trinajstić information content (AvgIpc) is 3.75. The van der Waals surface area contributed by atoms with Crippen molar-refractivity contribution in [3.8, 4) is 17.1 Å². The van der Waals surface area contributed by atoms with Gasteiger partial charge in [0.1, 0.15) is 29.2 Å². The van der Waals surface area contributed by atoms with E-state index in [1.807, 2.05) is 18.2 Å². The molecule has 0 spiro atoms. The van der Waals surface area contributed by atoms with E-state index in [0.717, 1.165) is 91.6 Å². The van der Waals surface area contributed by atoms with E-state index in [1.54, 1.807) is 6.33 Å². The zero-order chi connectivity index (χ0) is 22.7. The second-order valence-electron chi connectivity index (χ2n) is 9.76. The molecule has 0 bridgehead atoms. The van der Waals surface area contributed by atoms with Crippen LogP contribution >= 0.6 is 0 Å². The van der Waals surface area contributed by atoms with Gasteiger partial charge >= 0.3 is 6.01 Å². The van der Waals surface area contributed by atoms with E-state index in [0.29, 0.717) is 11.9 Å². The highest BCUT2D eigenvalue weighted by Crippen LogP contribution is 2.41. The van der Waals surface area contributed by atoms with Gasteiger partial charge in [0.05, 0.1) is 11.2 Å². The van der Waals surface area contributed by atoms with Gasteiger partial charge in [-0.15, -0.1) is 5.10 Å². The van der Waals surface area contributed by atoms with Crippen LogP contribution in [0.1, 0.15) is 44.4 Å². The second-order valence-corrected chi connectivity index (χ2v) is 9.76. The predicted octanol–water partition coefficient (Wildman–Crippen LogP) is 3.54. The number of rotatable bonds is 6. The molecular weight excluding hydrogens is 432 g/mol. The van der Waals surface area contributed by atoms with Crippen LogP contribution in [0.3, 0.4) is 0 Å². The number of fused-ring (bicyclic) bond motifs is 1. The molecule has 0 unspecified atom stereocenters. The first-order valence-electron chi connectivity index (χ1n) is 12.0. The molecular formula is C24H26N8O2. The number of hydrogen-bond acceptors (Lipinski definition) is 9. The summed E-state index contributed by atoms with van der Waals surface area (Å²) in [5.74, 6) is 3.01. The number of nitrogens with zero attached hydrogens (tertiary/aromatic N) is 7. The summed E-state index contributed by atoms with van der Waals surface area (Å²) < 4.78 is 12.0. The van der Waals surface area contributed by atoms with Gasteiger partial charge in [0.25, 0.3) is 0 Å². The number of aromatic amines is 1. The van der Waals surface area contributed by atoms with E-state index in [-0.39, 0.29) is 5.60 Å². The molecule has 34 heavy (non-hydrogen) atoms. The van der Waals surface area contributed by atoms with Crippen LogP contribution in [0.5, 0.6) is 5.75 Å². The van der Waals surface area contributed by atoms with Crippen LogP contribution in [0, 0.1) is 0 Å². The third kappa shape index (κ3) is 3.63. The van der Waals surface area contributed by atoms with E-state index >= 15 is 0 Å². The van der Waals surface area contributed by atoms with Crippen LogP contribution in [0.15, 0.2) is 35.0 Å². The molecule has 2 saturated carbocycles. The van der Waals surface area contributed by atoms with Crippen LogP contribution in [0.4, 0.5) is 11.8 Å². The highest BCUT2D eigenvalue weighted by atomic mass is 16.5. The van der Waals surface area contributed by atoms with Gasteiger partial charge in [-0.1, -0.05) is 5.10 Å². The van der Waals surface area contributed by atoms with Crippen molar-refractivity contribution in [2.75, 3.05) is 36.0 Å². The smallest absolute Gasteiger partial charge is 0.318 e. The maximum absolute atomic E-state index is 6.16. The van der Waals surface area contributed by atoms with Crippen LogP contribution < -0.4 is 14.5 Å². The van der Waals surface area contributed by atoms with Crippen molar-refractivity contribution in [2.24, 2.45) is 0 Å². The van der Waals surface area contributed by atoms with Crippen molar-refractivity contribution < 1.29 is 9.15 Å². The van der Waals surface area contributed by atoms with E-state index < -0.39 is 0 Å². The Morgan fingerprint density at radius 2 is 1.85 bits per heavy atom. The molecule has 3 aromatic heterocycles. The third-order valence-corrected chi connectivity index (χ3v) is 6.98. The first-order chi connectivity index (χ1) is 16.6. The fourth-order valence-corrected chi connectivity index (χ4v) is 4.44. The molecule has 1 N–H and O–H groups in total. The molecule has 10 heteroatoms. The minimum Gasteiger partial charge on any atom is -0.488 e. The third-order valence-electron chi connectivity index (χ3n) is 6.98. The van der Waals surface area contributed by atoms with E-state index in [4.69, 9.17) is 9.15 Å². The summed E-state index contributed by atoms with van der Waals surface area (Å²) in [6.45, 7) is 5.38. The summed E-state index contributed by atoms with van der Waals surface area (Å²) in [6, 6.07) is 8.71. The molecule has 4 heterocycles. The molecule has 2 aliphatic carbocycles. The lowest BCUT2D eigenvalue weighted by molar-refractivity contribution is 0.200. The first-order valence-corrected chi connectivity index (χ1v) is 12.0. The summed E-state index contributed by atoms with van der Waals surface area (Å²) in [4.78, 5) is 13.5. The summed E-state index contributed by atoms with van der Waals surface area (Å²) in [5, 5.41) is 17.1. The fourth-order valence-electron chi connectivity index (χ4n) is 4.44. The molecule has 7 rings (SSSR count). The monoisotopic (exact) mass is 458 g/mol. The summed E-state index contributed by atoms with van der Waals surface area (Å²) >= 11 is 0. The summed E-state index contributed by atoms with van der Waals surface area (Å²) in [7, 11) is 0. The number of nitrogens with one attached hydrogen (secondary N) is 1. The van der Waals surface area contributed by atoms with Crippen LogP contribution in [-0.4, -0.2) is 62.1 Å². The number of ether oxygens (including phenoxy) is 1. The first kappa shape index (κ1) is 19.7. The Balaban J connectivity index is 1.09. The minimum atomic E-state index is -0.0253. The number of hydrogen-bond donors (Lipinski definition) is 1. The van der Waals surface area contributed by atoms with Crippen molar-refractivity contribution in [1.82, 2.24) is 30.4 Å². The van der Waals surface area contributed by atoms with Gasteiger partial charge in [0.2, 0.25) is 5.89 Å². The van der Waals surface area contributed by atoms with E-state index in [1.165, 1.54) is 0 Å². The van der Waals surface area contributed by atoms with Gasteiger partial charge in [0, 0.05) is 43.5 Å². The SMILES string of the molecule is CC1(Oc2ccc3[nH]nc(-c4cc(N5CCN(c6nnc(C7CC7)o6)CC5)ncn4)c3c2)CC1. The summed E-state index contributed by atoms with van der Waals surface area (Å²) in [6.07, 6.45) is 6.12. The average molecular weight is 459 g/mol. The normalized spacial score (nSPS) is 19.6. The van der Waals surface area contributed by atoms with E-state index in [9.17, 15) is 0 Å². The largest absolute Gasteiger partial charge is 0.488 e. The highest BCUT2D eigenvalue weighted by Gasteiger charge is 2.40. The maximum atomic E-state index is 6.16. The highest BCUT2D eigenvalue weighted by molar-refractivity contribution is 5.93. The predicted molar refractivity (Wildman–Crippen MR) is 126 cm³/mol. The Hall–Kier alpha value is -3.69. The molecule has 10 nitrogen and oxygen atoms in total. The second kappa shape index (κ2) is 7.41. The summed E-state index contributed by atoms with van der Waals surface area (Å²) in [5.41, 5.74) is 2.53. The van der Waals surface area contributed by atoms with E-state index in [2.05, 4.69) is 53.2 Å². The van der Waals surface area contributed by atoms with Crippen molar-refractivity contribution in [3.05, 3.63) is 36.5 Å². The van der Waals surface area contributed by atoms with Gasteiger partial charge < -0.3 is 19.0 Å². The number of benzene rings is 1. The van der Waals surface area contributed by atoms with Crippen molar-refractivity contribution >= 4 is 22.7 Å². The molecule has 1 saturated heterocycles. The van der Waals surface area contributed by atoms with Gasteiger partial charge in [-0.25, -0.2) is 9.97 Å². The standard InChI is InChI=1S/C24H26N8O2/c1-24(6-7-24)34-16-4-5-18-17(12-16)21(28-27-18)19-13-20(26-14-25-19)31-8-10-32(11-9-31)23-30-29-22(33-23)15-2-3-15/h4-5,12-15H,2-3,6-11H2,1H3,(H,27,28). The van der Waals surface area contributed by atoms with Crippen molar-refractivity contribution in [1.29, 1.82) is 0 Å². The lowest BCUT2D eigenvalue weighted by Gasteiger charge is -2.34. The quantitative estimate of drug-likeness (QED) is 0.464. The van der Waals surface area contributed by atoms with Gasteiger partial charge in [-0.2, -0.15) is 5.10 Å². The Kier molecular flexibility index (Phi) is 4.30. The zero-order valence-electron chi connectivity index (χ0n) is 19.1. The molecule has 1 aromatic carbocycles. The van der Waals surface area contributed by atoms with Gasteiger partial charge in [-0.3, -0.25) is 5.10 Å². The van der Waals surface area contributed by atoms with Gasteiger partial charge in [0.15, 0.2) is 0 Å². The number of H-pyrrole nitrogens is 1. The molecule has 0 radical (unpaired) electrons. The lowest BCUT2D eigenvalue weighted by Crippen LogP contribution is -2.47. The molecule has 3 aliphatic rings. The molecule has 0 amide bonds. The fraction of sp³-hybridized carbons (Fsp3) is 0.458.